The van der Waals surface area contributed by atoms with E-state index in [0.717, 1.165) is 5.39 Å². The van der Waals surface area contributed by atoms with Gasteiger partial charge in [-0.15, -0.1) is 0 Å². The molecule has 0 unspecified atom stereocenters. The molecule has 1 aromatic heterocycles. The third kappa shape index (κ3) is 3.24. The maximum atomic E-state index is 13.4. The molecule has 0 saturated carbocycles. The van der Waals surface area contributed by atoms with Crippen molar-refractivity contribution in [2.24, 2.45) is 0 Å². The number of aryl methyl sites for hydroxylation is 1. The van der Waals surface area contributed by atoms with Gasteiger partial charge in [0.1, 0.15) is 11.5 Å². The third-order valence-corrected chi connectivity index (χ3v) is 3.92. The minimum Gasteiger partial charge on any atom is -0.462 e. The van der Waals surface area contributed by atoms with E-state index in [2.05, 4.69) is 10.3 Å². The summed E-state index contributed by atoms with van der Waals surface area (Å²) in [7, 11) is 0. The molecule has 0 radical (unpaired) electrons. The molecule has 25 heavy (non-hydrogen) atoms. The van der Waals surface area contributed by atoms with Crippen molar-refractivity contribution in [2.75, 3.05) is 11.9 Å². The zero-order valence-corrected chi connectivity index (χ0v) is 13.9. The van der Waals surface area contributed by atoms with Crippen LogP contribution in [0, 0.1) is 12.7 Å². The molecular formula is C19H17FN2O3. The maximum Gasteiger partial charge on any atom is 0.340 e. The first kappa shape index (κ1) is 16.7. The first-order chi connectivity index (χ1) is 12.0. The molecule has 0 bridgehead atoms. The zero-order valence-electron chi connectivity index (χ0n) is 13.9. The maximum absolute atomic E-state index is 13.4. The van der Waals surface area contributed by atoms with Gasteiger partial charge in [-0.1, -0.05) is 12.1 Å². The number of amides is 1. The fraction of sp³-hybridized carbons (Fsp3) is 0.158. The Morgan fingerprint density at radius 2 is 1.96 bits per heavy atom. The lowest BCUT2D eigenvalue weighted by Gasteiger charge is -2.10. The monoisotopic (exact) mass is 340 g/mol. The SMILES string of the molecule is CCOC(=O)c1ccccc1NC(=O)c1[nH]c2cc(F)ccc2c1C. The molecule has 2 N–H and O–H groups in total. The van der Waals surface area contributed by atoms with E-state index in [-0.39, 0.29) is 18.0 Å². The zero-order chi connectivity index (χ0) is 18.0. The normalized spacial score (nSPS) is 10.7. The van der Waals surface area contributed by atoms with E-state index in [1.807, 2.05) is 0 Å². The van der Waals surface area contributed by atoms with E-state index < -0.39 is 11.9 Å². The van der Waals surface area contributed by atoms with E-state index >= 15 is 0 Å². The van der Waals surface area contributed by atoms with Gasteiger partial charge in [0.05, 0.1) is 17.9 Å². The standard InChI is InChI=1S/C19H17FN2O3/c1-3-25-19(24)14-6-4-5-7-15(14)22-18(23)17-11(2)13-9-8-12(20)10-16(13)21-17/h4-10,21H,3H2,1-2H3,(H,22,23). The number of anilines is 1. The van der Waals surface area contributed by atoms with Gasteiger partial charge in [0.25, 0.3) is 5.91 Å². The van der Waals surface area contributed by atoms with Crippen LogP contribution in [0.2, 0.25) is 0 Å². The van der Waals surface area contributed by atoms with Crippen molar-refractivity contribution >= 4 is 28.5 Å². The molecule has 128 valence electrons. The van der Waals surface area contributed by atoms with Crippen molar-refractivity contribution < 1.29 is 18.7 Å². The molecule has 6 heteroatoms. The van der Waals surface area contributed by atoms with Crippen molar-refractivity contribution in [2.45, 2.75) is 13.8 Å². The van der Waals surface area contributed by atoms with Crippen LogP contribution in [0.4, 0.5) is 10.1 Å². The summed E-state index contributed by atoms with van der Waals surface area (Å²) in [4.78, 5) is 27.6. The number of ether oxygens (including phenoxy) is 1. The van der Waals surface area contributed by atoms with Crippen LogP contribution in [0.25, 0.3) is 10.9 Å². The van der Waals surface area contributed by atoms with Crippen molar-refractivity contribution in [1.82, 2.24) is 4.98 Å². The average Bonchev–Trinajstić information content (AvgIpc) is 2.91. The van der Waals surface area contributed by atoms with Crippen LogP contribution in [-0.2, 0) is 4.74 Å². The molecule has 1 heterocycles. The van der Waals surface area contributed by atoms with Gasteiger partial charge in [0.15, 0.2) is 0 Å². The summed E-state index contributed by atoms with van der Waals surface area (Å²) in [5.41, 5.74) is 2.20. The summed E-state index contributed by atoms with van der Waals surface area (Å²) in [6.45, 7) is 3.74. The average molecular weight is 340 g/mol. The Kier molecular flexibility index (Phi) is 4.52. The number of esters is 1. The largest absolute Gasteiger partial charge is 0.462 e. The lowest BCUT2D eigenvalue weighted by molar-refractivity contribution is 0.0527. The van der Waals surface area contributed by atoms with Gasteiger partial charge in [-0.25, -0.2) is 9.18 Å². The number of carbonyl (C=O) groups excluding carboxylic acids is 2. The van der Waals surface area contributed by atoms with Crippen molar-refractivity contribution in [3.8, 4) is 0 Å². The minimum absolute atomic E-state index is 0.244. The predicted octanol–water partition coefficient (Wildman–Crippen LogP) is 4.04. The summed E-state index contributed by atoms with van der Waals surface area (Å²) in [6.07, 6.45) is 0. The molecule has 3 aromatic rings. The highest BCUT2D eigenvalue weighted by Crippen LogP contribution is 2.24. The van der Waals surface area contributed by atoms with Gasteiger partial charge >= 0.3 is 5.97 Å². The van der Waals surface area contributed by atoms with E-state index in [0.29, 0.717) is 22.5 Å². The Hall–Kier alpha value is -3.15. The third-order valence-electron chi connectivity index (χ3n) is 3.92. The van der Waals surface area contributed by atoms with Crippen LogP contribution < -0.4 is 5.32 Å². The number of fused-ring (bicyclic) bond motifs is 1. The lowest BCUT2D eigenvalue weighted by atomic mass is 10.1. The van der Waals surface area contributed by atoms with E-state index in [1.54, 1.807) is 44.2 Å². The van der Waals surface area contributed by atoms with Crippen LogP contribution in [0.5, 0.6) is 0 Å². The highest BCUT2D eigenvalue weighted by molar-refractivity contribution is 6.10. The Morgan fingerprint density at radius 1 is 1.20 bits per heavy atom. The highest BCUT2D eigenvalue weighted by atomic mass is 19.1. The number of halogens is 1. The van der Waals surface area contributed by atoms with Crippen LogP contribution in [0.3, 0.4) is 0 Å². The number of hydrogen-bond donors (Lipinski definition) is 2. The van der Waals surface area contributed by atoms with Crippen LogP contribution in [0.1, 0.15) is 33.3 Å². The van der Waals surface area contributed by atoms with Crippen molar-refractivity contribution in [3.05, 3.63) is 65.1 Å². The van der Waals surface area contributed by atoms with Crippen molar-refractivity contribution in [1.29, 1.82) is 0 Å². The van der Waals surface area contributed by atoms with Crippen LogP contribution in [-0.4, -0.2) is 23.5 Å². The molecule has 0 spiro atoms. The molecule has 3 rings (SSSR count). The first-order valence-electron chi connectivity index (χ1n) is 7.86. The second-order valence-corrected chi connectivity index (χ2v) is 5.54. The Bertz CT molecular complexity index is 962. The van der Waals surface area contributed by atoms with Gasteiger partial charge in [-0.2, -0.15) is 0 Å². The molecule has 0 aliphatic carbocycles. The number of para-hydroxylation sites is 1. The van der Waals surface area contributed by atoms with Gasteiger partial charge in [-0.05, 0) is 49.7 Å². The smallest absolute Gasteiger partial charge is 0.340 e. The van der Waals surface area contributed by atoms with Gasteiger partial charge < -0.3 is 15.0 Å². The Morgan fingerprint density at radius 3 is 2.72 bits per heavy atom. The van der Waals surface area contributed by atoms with Gasteiger partial charge in [-0.3, -0.25) is 4.79 Å². The van der Waals surface area contributed by atoms with E-state index in [4.69, 9.17) is 4.74 Å². The lowest BCUT2D eigenvalue weighted by Crippen LogP contribution is -2.17. The number of rotatable bonds is 4. The number of carbonyl (C=O) groups is 2. The van der Waals surface area contributed by atoms with E-state index in [1.165, 1.54) is 12.1 Å². The second kappa shape index (κ2) is 6.76. The number of aromatic amines is 1. The minimum atomic E-state index is -0.506. The number of nitrogens with one attached hydrogen (secondary N) is 2. The molecule has 2 aromatic carbocycles. The highest BCUT2D eigenvalue weighted by Gasteiger charge is 2.18. The Labute approximate surface area is 143 Å². The molecule has 0 saturated heterocycles. The molecule has 5 nitrogen and oxygen atoms in total. The second-order valence-electron chi connectivity index (χ2n) is 5.54. The molecule has 1 amide bonds. The summed E-state index contributed by atoms with van der Waals surface area (Å²) < 4.78 is 18.4. The molecule has 0 aliphatic heterocycles. The Balaban J connectivity index is 1.93. The molecular weight excluding hydrogens is 323 g/mol. The number of hydrogen-bond acceptors (Lipinski definition) is 3. The molecule has 0 aliphatic rings. The van der Waals surface area contributed by atoms with Gasteiger partial charge in [0.2, 0.25) is 0 Å². The van der Waals surface area contributed by atoms with E-state index in [9.17, 15) is 14.0 Å². The summed E-state index contributed by atoms with van der Waals surface area (Å²) >= 11 is 0. The summed E-state index contributed by atoms with van der Waals surface area (Å²) in [6, 6.07) is 10.9. The molecule has 0 fully saturated rings. The fourth-order valence-electron chi connectivity index (χ4n) is 2.70. The number of aromatic nitrogens is 1. The topological polar surface area (TPSA) is 71.2 Å². The van der Waals surface area contributed by atoms with Crippen LogP contribution >= 0.6 is 0 Å². The predicted molar refractivity (Wildman–Crippen MR) is 93.3 cm³/mol. The number of benzene rings is 2. The number of H-pyrrole nitrogens is 1. The fourth-order valence-corrected chi connectivity index (χ4v) is 2.70. The van der Waals surface area contributed by atoms with Crippen molar-refractivity contribution in [3.63, 3.8) is 0 Å². The van der Waals surface area contributed by atoms with Crippen LogP contribution in [0.15, 0.2) is 42.5 Å². The molecule has 0 atom stereocenters. The quantitative estimate of drug-likeness (QED) is 0.704. The summed E-state index contributed by atoms with van der Waals surface area (Å²) in [5.74, 6) is -1.30. The summed E-state index contributed by atoms with van der Waals surface area (Å²) in [5, 5.41) is 3.49. The first-order valence-corrected chi connectivity index (χ1v) is 7.86. The van der Waals surface area contributed by atoms with Gasteiger partial charge in [0, 0.05) is 10.9 Å².